The smallest absolute Gasteiger partial charge is 0.354 e. The van der Waals surface area contributed by atoms with Crippen LogP contribution in [-0.4, -0.2) is 17.6 Å². The van der Waals surface area contributed by atoms with Crippen LogP contribution < -0.4 is 0 Å². The Kier molecular flexibility index (Phi) is 5.28. The van der Waals surface area contributed by atoms with Gasteiger partial charge in [-0.15, -0.1) is 0 Å². The zero-order valence-electron chi connectivity index (χ0n) is 9.70. The van der Waals surface area contributed by atoms with Crippen molar-refractivity contribution in [2.24, 2.45) is 0 Å². The lowest BCUT2D eigenvalue weighted by Gasteiger charge is -2.20. The summed E-state index contributed by atoms with van der Waals surface area (Å²) >= 11 is 6.58. The van der Waals surface area contributed by atoms with Crippen molar-refractivity contribution in [2.45, 2.75) is 30.2 Å². The average molecular weight is 277 g/mol. The summed E-state index contributed by atoms with van der Waals surface area (Å²) in [5.41, 5.74) is 0. The number of halogens is 2. The third kappa shape index (κ3) is 3.89. The maximum atomic E-state index is 14.3. The van der Waals surface area contributed by atoms with Crippen LogP contribution >= 0.6 is 23.4 Å². The second-order valence-corrected chi connectivity index (χ2v) is 5.12. The normalized spacial score (nSPS) is 14.1. The van der Waals surface area contributed by atoms with Crippen molar-refractivity contribution in [3.63, 3.8) is 0 Å². The molecule has 0 saturated heterocycles. The van der Waals surface area contributed by atoms with E-state index in [0.29, 0.717) is 9.92 Å². The number of esters is 1. The SMILES string of the molecule is CCOC(=O)C(F)(CC)Sc1ccc(Cl)cc1. The van der Waals surface area contributed by atoms with Crippen LogP contribution in [-0.2, 0) is 9.53 Å². The molecule has 0 heterocycles. The average Bonchev–Trinajstić information content (AvgIpc) is 2.32. The molecule has 1 aromatic carbocycles. The molecule has 0 bridgehead atoms. The van der Waals surface area contributed by atoms with E-state index < -0.39 is 11.0 Å². The van der Waals surface area contributed by atoms with E-state index >= 15 is 0 Å². The topological polar surface area (TPSA) is 26.3 Å². The Hall–Kier alpha value is -0.740. The molecule has 0 aliphatic rings. The van der Waals surface area contributed by atoms with Crippen LogP contribution in [0.3, 0.4) is 0 Å². The number of alkyl halides is 1. The lowest BCUT2D eigenvalue weighted by Crippen LogP contribution is -2.31. The molecule has 1 aromatic rings. The van der Waals surface area contributed by atoms with Gasteiger partial charge in [0.05, 0.1) is 6.61 Å². The first kappa shape index (κ1) is 14.3. The van der Waals surface area contributed by atoms with E-state index in [4.69, 9.17) is 16.3 Å². The standard InChI is InChI=1S/C12H14ClFO2S/c1-3-12(14,11(15)16-4-2)17-10-7-5-9(13)6-8-10/h5-8H,3-4H2,1-2H3. The zero-order valence-corrected chi connectivity index (χ0v) is 11.3. The van der Waals surface area contributed by atoms with E-state index in [1.165, 1.54) is 0 Å². The molecular formula is C12H14ClFO2S. The lowest BCUT2D eigenvalue weighted by atomic mass is 10.3. The molecule has 94 valence electrons. The van der Waals surface area contributed by atoms with E-state index in [2.05, 4.69) is 0 Å². The second-order valence-electron chi connectivity index (χ2n) is 3.36. The Labute approximate surface area is 109 Å². The highest BCUT2D eigenvalue weighted by molar-refractivity contribution is 8.01. The number of hydrogen-bond donors (Lipinski definition) is 0. The molecule has 0 spiro atoms. The van der Waals surface area contributed by atoms with Crippen LogP contribution in [0.2, 0.25) is 5.02 Å². The van der Waals surface area contributed by atoms with Gasteiger partial charge in [0.2, 0.25) is 0 Å². The summed E-state index contributed by atoms with van der Waals surface area (Å²) in [7, 11) is 0. The minimum absolute atomic E-state index is 0.0547. The van der Waals surface area contributed by atoms with Crippen LogP contribution in [0.15, 0.2) is 29.2 Å². The first-order chi connectivity index (χ1) is 8.01. The first-order valence-corrected chi connectivity index (χ1v) is 6.52. The van der Waals surface area contributed by atoms with Crippen LogP contribution in [0.25, 0.3) is 0 Å². The van der Waals surface area contributed by atoms with Gasteiger partial charge in [-0.25, -0.2) is 9.18 Å². The highest BCUT2D eigenvalue weighted by Gasteiger charge is 2.39. The Morgan fingerprint density at radius 1 is 1.41 bits per heavy atom. The Morgan fingerprint density at radius 2 is 2.00 bits per heavy atom. The van der Waals surface area contributed by atoms with Gasteiger partial charge in [0.15, 0.2) is 0 Å². The first-order valence-electron chi connectivity index (χ1n) is 5.32. The van der Waals surface area contributed by atoms with Gasteiger partial charge in [-0.1, -0.05) is 30.3 Å². The fraction of sp³-hybridized carbons (Fsp3) is 0.417. The van der Waals surface area contributed by atoms with E-state index in [1.807, 2.05) is 0 Å². The number of thioether (sulfide) groups is 1. The van der Waals surface area contributed by atoms with E-state index in [0.717, 1.165) is 11.8 Å². The van der Waals surface area contributed by atoms with Gasteiger partial charge in [-0.05, 0) is 37.6 Å². The van der Waals surface area contributed by atoms with Crippen molar-refractivity contribution in [1.29, 1.82) is 0 Å². The number of carbonyl (C=O) groups excluding carboxylic acids is 1. The largest absolute Gasteiger partial charge is 0.463 e. The van der Waals surface area contributed by atoms with Crippen molar-refractivity contribution in [2.75, 3.05) is 6.61 Å². The van der Waals surface area contributed by atoms with Gasteiger partial charge < -0.3 is 4.74 Å². The predicted molar refractivity (Wildman–Crippen MR) is 68.1 cm³/mol. The summed E-state index contributed by atoms with van der Waals surface area (Å²) in [4.78, 5) is 12.2. The van der Waals surface area contributed by atoms with Crippen LogP contribution in [0.5, 0.6) is 0 Å². The van der Waals surface area contributed by atoms with Crippen molar-refractivity contribution in [3.8, 4) is 0 Å². The Bertz CT molecular complexity index is 383. The molecule has 1 unspecified atom stereocenters. The summed E-state index contributed by atoms with van der Waals surface area (Å²) in [6.45, 7) is 3.44. The molecule has 2 nitrogen and oxygen atoms in total. The molecule has 0 N–H and O–H groups in total. The molecule has 1 atom stereocenters. The van der Waals surface area contributed by atoms with E-state index in [9.17, 15) is 9.18 Å². The highest BCUT2D eigenvalue weighted by Crippen LogP contribution is 2.38. The lowest BCUT2D eigenvalue weighted by molar-refractivity contribution is -0.151. The Morgan fingerprint density at radius 3 is 2.47 bits per heavy atom. The van der Waals surface area contributed by atoms with Crippen LogP contribution in [0, 0.1) is 0 Å². The molecule has 0 aliphatic heterocycles. The van der Waals surface area contributed by atoms with Gasteiger partial charge in [0.1, 0.15) is 0 Å². The summed E-state index contributed by atoms with van der Waals surface area (Å²) < 4.78 is 19.1. The van der Waals surface area contributed by atoms with Crippen LogP contribution in [0.4, 0.5) is 4.39 Å². The second kappa shape index (κ2) is 6.26. The summed E-state index contributed by atoms with van der Waals surface area (Å²) in [5.74, 6) is -0.831. The van der Waals surface area contributed by atoms with Gasteiger partial charge in [0.25, 0.3) is 5.00 Å². The molecule has 0 radical (unpaired) electrons. The van der Waals surface area contributed by atoms with Gasteiger partial charge in [-0.3, -0.25) is 0 Å². The van der Waals surface area contributed by atoms with Crippen molar-refractivity contribution < 1.29 is 13.9 Å². The van der Waals surface area contributed by atoms with E-state index in [1.54, 1.807) is 38.1 Å². The van der Waals surface area contributed by atoms with E-state index in [-0.39, 0.29) is 13.0 Å². The van der Waals surface area contributed by atoms with Gasteiger partial charge in [-0.2, -0.15) is 0 Å². The number of benzene rings is 1. The fourth-order valence-electron chi connectivity index (χ4n) is 1.19. The number of carbonyl (C=O) groups is 1. The maximum Gasteiger partial charge on any atom is 0.354 e. The molecule has 0 saturated carbocycles. The quantitative estimate of drug-likeness (QED) is 0.599. The summed E-state index contributed by atoms with van der Waals surface area (Å²) in [6.07, 6.45) is 0.0547. The molecule has 17 heavy (non-hydrogen) atoms. The number of rotatable bonds is 5. The molecule has 0 aliphatic carbocycles. The highest BCUT2D eigenvalue weighted by atomic mass is 35.5. The number of hydrogen-bond acceptors (Lipinski definition) is 3. The van der Waals surface area contributed by atoms with Crippen molar-refractivity contribution >= 4 is 29.3 Å². The molecular weight excluding hydrogens is 263 g/mol. The third-order valence-electron chi connectivity index (χ3n) is 2.13. The molecule has 5 heteroatoms. The predicted octanol–water partition coefficient (Wildman–Crippen LogP) is 4.07. The summed E-state index contributed by atoms with van der Waals surface area (Å²) in [6, 6.07) is 6.67. The molecule has 1 rings (SSSR count). The molecule has 0 fully saturated rings. The molecule has 0 aromatic heterocycles. The van der Waals surface area contributed by atoms with Crippen molar-refractivity contribution in [3.05, 3.63) is 29.3 Å². The Balaban J connectivity index is 2.81. The number of ether oxygens (including phenoxy) is 1. The van der Waals surface area contributed by atoms with Crippen LogP contribution in [0.1, 0.15) is 20.3 Å². The monoisotopic (exact) mass is 276 g/mol. The minimum atomic E-state index is -2.04. The zero-order chi connectivity index (χ0) is 12.9. The maximum absolute atomic E-state index is 14.3. The van der Waals surface area contributed by atoms with Gasteiger partial charge >= 0.3 is 5.97 Å². The van der Waals surface area contributed by atoms with Crippen molar-refractivity contribution in [1.82, 2.24) is 0 Å². The minimum Gasteiger partial charge on any atom is -0.463 e. The molecule has 0 amide bonds. The third-order valence-corrected chi connectivity index (χ3v) is 3.67. The summed E-state index contributed by atoms with van der Waals surface area (Å²) in [5, 5.41) is -1.46. The fourth-order valence-corrected chi connectivity index (χ4v) is 2.24. The van der Waals surface area contributed by atoms with Gasteiger partial charge in [0, 0.05) is 9.92 Å².